The van der Waals surface area contributed by atoms with Gasteiger partial charge in [-0.05, 0) is 55.4 Å². The maximum atomic E-state index is 10.9. The molecular weight excluding hydrogens is 528 g/mol. The van der Waals surface area contributed by atoms with E-state index in [2.05, 4.69) is 20.6 Å². The lowest BCUT2D eigenvalue weighted by atomic mass is 10.1. The first kappa shape index (κ1) is 30.2. The predicted molar refractivity (Wildman–Crippen MR) is 142 cm³/mol. The second-order valence-electron chi connectivity index (χ2n) is 9.83. The van der Waals surface area contributed by atoms with Crippen molar-refractivity contribution in [3.63, 3.8) is 0 Å². The summed E-state index contributed by atoms with van der Waals surface area (Å²) in [5.74, 6) is 3.05. The van der Waals surface area contributed by atoms with E-state index in [1.165, 1.54) is 0 Å². The molecule has 0 amide bonds. The Morgan fingerprint density at radius 2 is 1.36 bits per heavy atom. The van der Waals surface area contributed by atoms with Gasteiger partial charge < -0.3 is 18.7 Å². The van der Waals surface area contributed by atoms with Gasteiger partial charge >= 0.3 is 0 Å². The smallest absolute Gasteiger partial charge is 0.192 e. The Kier molecular flexibility index (Phi) is 10.1. The SMILES string of the molecule is CC1(C)CC(S(C)(=O)=O)=NO1.Cc1noc(C)c1CCl.Cc1noc(C)c1CSC1=NOC(C)(C)C1. The number of thioether (sulfide) groups is 1. The molecule has 0 atom stereocenters. The second kappa shape index (κ2) is 12.0. The predicted octanol–water partition coefficient (Wildman–Crippen LogP) is 5.61. The molecule has 4 rings (SSSR count). The normalized spacial score (nSPS) is 17.6. The molecule has 0 N–H and O–H groups in total. The topological polar surface area (TPSA) is 129 Å². The molecule has 0 saturated carbocycles. The minimum absolute atomic E-state index is 0.141. The maximum absolute atomic E-state index is 10.9. The van der Waals surface area contributed by atoms with Crippen molar-refractivity contribution in [2.24, 2.45) is 10.3 Å². The summed E-state index contributed by atoms with van der Waals surface area (Å²) in [4.78, 5) is 10.2. The molecule has 202 valence electrons. The number of nitrogens with zero attached hydrogens (tertiary/aromatic N) is 4. The van der Waals surface area contributed by atoms with Crippen molar-refractivity contribution in [1.29, 1.82) is 0 Å². The van der Waals surface area contributed by atoms with Gasteiger partial charge in [-0.25, -0.2) is 8.42 Å². The molecule has 4 heterocycles. The van der Waals surface area contributed by atoms with Crippen LogP contribution in [0.4, 0.5) is 0 Å². The van der Waals surface area contributed by atoms with Crippen molar-refractivity contribution in [3.05, 3.63) is 34.0 Å². The first-order valence-electron chi connectivity index (χ1n) is 11.3. The van der Waals surface area contributed by atoms with Gasteiger partial charge in [0, 0.05) is 36.0 Å². The summed E-state index contributed by atoms with van der Waals surface area (Å²) in [5, 5.41) is 16.4. The molecule has 2 aliphatic heterocycles. The van der Waals surface area contributed by atoms with Crippen LogP contribution < -0.4 is 0 Å². The van der Waals surface area contributed by atoms with Crippen LogP contribution in [-0.4, -0.2) is 46.3 Å². The van der Waals surface area contributed by atoms with Crippen molar-refractivity contribution >= 4 is 43.3 Å². The van der Waals surface area contributed by atoms with Crippen LogP contribution in [0.5, 0.6) is 0 Å². The second-order valence-corrected chi connectivity index (χ2v) is 13.2. The van der Waals surface area contributed by atoms with Crippen molar-refractivity contribution in [3.8, 4) is 0 Å². The van der Waals surface area contributed by atoms with Gasteiger partial charge in [0.25, 0.3) is 0 Å². The quantitative estimate of drug-likeness (QED) is 0.438. The van der Waals surface area contributed by atoms with E-state index in [4.69, 9.17) is 30.3 Å². The van der Waals surface area contributed by atoms with Crippen LogP contribution in [0.2, 0.25) is 0 Å². The maximum Gasteiger partial charge on any atom is 0.192 e. The van der Waals surface area contributed by atoms with Crippen molar-refractivity contribution < 1.29 is 27.1 Å². The van der Waals surface area contributed by atoms with Gasteiger partial charge in [-0.15, -0.1) is 23.4 Å². The average Bonchev–Trinajstić information content (AvgIpc) is 3.49. The zero-order chi connectivity index (χ0) is 27.3. The van der Waals surface area contributed by atoms with Crippen molar-refractivity contribution in [2.75, 3.05) is 6.26 Å². The van der Waals surface area contributed by atoms with E-state index in [1.54, 1.807) is 25.6 Å². The number of sulfone groups is 1. The monoisotopic (exact) mass is 562 g/mol. The minimum Gasteiger partial charge on any atom is -0.389 e. The van der Waals surface area contributed by atoms with E-state index in [1.807, 2.05) is 41.5 Å². The molecule has 0 fully saturated rings. The lowest BCUT2D eigenvalue weighted by Gasteiger charge is -2.12. The fraction of sp³-hybridized carbons (Fsp3) is 0.652. The Hall–Kier alpha value is -2.05. The van der Waals surface area contributed by atoms with Gasteiger partial charge in [0.05, 0.1) is 17.3 Å². The molecule has 0 unspecified atom stereocenters. The zero-order valence-corrected chi connectivity index (χ0v) is 24.7. The lowest BCUT2D eigenvalue weighted by Crippen LogP contribution is -2.21. The molecule has 36 heavy (non-hydrogen) atoms. The minimum atomic E-state index is -3.15. The van der Waals surface area contributed by atoms with Crippen LogP contribution in [-0.2, 0) is 31.1 Å². The Morgan fingerprint density at radius 3 is 1.67 bits per heavy atom. The average molecular weight is 563 g/mol. The van der Waals surface area contributed by atoms with E-state index in [0.717, 1.165) is 57.5 Å². The van der Waals surface area contributed by atoms with Gasteiger partial charge in [0.2, 0.25) is 0 Å². The first-order chi connectivity index (χ1) is 16.5. The first-order valence-corrected chi connectivity index (χ1v) is 14.7. The third kappa shape index (κ3) is 8.81. The van der Waals surface area contributed by atoms with Crippen LogP contribution in [0, 0.1) is 27.7 Å². The van der Waals surface area contributed by atoms with Crippen LogP contribution >= 0.6 is 23.4 Å². The lowest BCUT2D eigenvalue weighted by molar-refractivity contribution is 0.0120. The van der Waals surface area contributed by atoms with Gasteiger partial charge in [0.1, 0.15) is 27.8 Å². The highest BCUT2D eigenvalue weighted by atomic mass is 35.5. The molecule has 0 aliphatic carbocycles. The molecule has 2 aromatic rings. The molecule has 13 heteroatoms. The van der Waals surface area contributed by atoms with Gasteiger partial charge in [0.15, 0.2) is 14.9 Å². The molecular formula is C23H35ClN4O6S2. The summed E-state index contributed by atoms with van der Waals surface area (Å²) in [6, 6.07) is 0. The van der Waals surface area contributed by atoms with Crippen molar-refractivity contribution in [2.45, 2.75) is 91.1 Å². The molecule has 0 bridgehead atoms. The fourth-order valence-electron chi connectivity index (χ4n) is 3.04. The molecule has 2 aromatic heterocycles. The summed E-state index contributed by atoms with van der Waals surface area (Å²) < 4.78 is 31.8. The highest BCUT2D eigenvalue weighted by Gasteiger charge is 2.33. The van der Waals surface area contributed by atoms with Crippen LogP contribution in [0.25, 0.3) is 0 Å². The van der Waals surface area contributed by atoms with Crippen molar-refractivity contribution in [1.82, 2.24) is 10.3 Å². The number of alkyl halides is 1. The van der Waals surface area contributed by atoms with Crippen LogP contribution in [0.1, 0.15) is 74.6 Å². The van der Waals surface area contributed by atoms with E-state index in [0.29, 0.717) is 12.3 Å². The Labute approximate surface area is 222 Å². The third-order valence-electron chi connectivity index (χ3n) is 5.25. The van der Waals surface area contributed by atoms with E-state index < -0.39 is 15.4 Å². The summed E-state index contributed by atoms with van der Waals surface area (Å²) in [6.07, 6.45) is 2.38. The fourth-order valence-corrected chi connectivity index (χ4v) is 5.47. The molecule has 0 saturated heterocycles. The molecule has 2 aliphatic rings. The summed E-state index contributed by atoms with van der Waals surface area (Å²) in [5.41, 5.74) is 3.42. The standard InChI is InChI=1S/C11H16N2O2S.C6H8ClNO.C6H11NO3S/c1-7-9(8(2)14-12-7)6-16-10-5-11(3,4)15-13-10;1-4-6(3-7)5(2)9-8-4;1-6(2)4-5(7-10-6)11(3,8)9/h5-6H2,1-4H3;3H2,1-2H3;4H2,1-3H3. The molecule has 0 radical (unpaired) electrons. The van der Waals surface area contributed by atoms with Gasteiger partial charge in [-0.2, -0.15) is 0 Å². The number of hydrogen-bond donors (Lipinski definition) is 0. The van der Waals surface area contributed by atoms with E-state index >= 15 is 0 Å². The number of rotatable bonds is 3. The van der Waals surface area contributed by atoms with Gasteiger partial charge in [-0.3, -0.25) is 0 Å². The van der Waals surface area contributed by atoms with E-state index in [9.17, 15) is 8.42 Å². The largest absolute Gasteiger partial charge is 0.389 e. The van der Waals surface area contributed by atoms with Gasteiger partial charge in [-0.1, -0.05) is 20.6 Å². The Bertz CT molecular complexity index is 1180. The highest BCUT2D eigenvalue weighted by Crippen LogP contribution is 2.30. The molecule has 0 aromatic carbocycles. The summed E-state index contributed by atoms with van der Waals surface area (Å²) in [7, 11) is -3.15. The van der Waals surface area contributed by atoms with E-state index in [-0.39, 0.29) is 10.6 Å². The number of oxime groups is 2. The number of aryl methyl sites for hydroxylation is 4. The molecule has 0 spiro atoms. The highest BCUT2D eigenvalue weighted by molar-refractivity contribution is 8.13. The zero-order valence-electron chi connectivity index (χ0n) is 22.3. The third-order valence-corrected chi connectivity index (χ3v) is 7.58. The summed E-state index contributed by atoms with van der Waals surface area (Å²) >= 11 is 7.28. The number of hydrogen-bond acceptors (Lipinski definition) is 11. The summed E-state index contributed by atoms with van der Waals surface area (Å²) in [6.45, 7) is 15.3. The number of aromatic nitrogens is 2. The number of halogens is 1. The van der Waals surface area contributed by atoms with Crippen LogP contribution in [0.15, 0.2) is 19.4 Å². The Balaban J connectivity index is 0.000000200. The molecule has 10 nitrogen and oxygen atoms in total. The Morgan fingerprint density at radius 1 is 0.861 bits per heavy atom. The van der Waals surface area contributed by atoms with Crippen LogP contribution in [0.3, 0.4) is 0 Å².